The lowest BCUT2D eigenvalue weighted by atomic mass is 9.92. The number of ether oxygens (including phenoxy) is 1. The number of carboxylic acids is 1. The van der Waals surface area contributed by atoms with Gasteiger partial charge in [0.2, 0.25) is 0 Å². The summed E-state index contributed by atoms with van der Waals surface area (Å²) < 4.78 is 5.69. The van der Waals surface area contributed by atoms with E-state index < -0.39 is 5.97 Å². The summed E-state index contributed by atoms with van der Waals surface area (Å²) >= 11 is 0. The maximum atomic E-state index is 11.2. The summed E-state index contributed by atoms with van der Waals surface area (Å²) in [6.45, 7) is 5.30. The molecule has 2 heterocycles. The van der Waals surface area contributed by atoms with Crippen molar-refractivity contribution in [2.24, 2.45) is 11.8 Å². The number of fused-ring (bicyclic) bond motifs is 1. The molecule has 0 amide bonds. The van der Waals surface area contributed by atoms with Crippen LogP contribution < -0.4 is 4.74 Å². The van der Waals surface area contributed by atoms with Crippen molar-refractivity contribution in [3.8, 4) is 5.75 Å². The molecule has 4 nitrogen and oxygen atoms in total. The molecule has 0 spiro atoms. The molecule has 0 bridgehead atoms. The fraction of sp³-hybridized carbons (Fsp3) is 0.562. The first kappa shape index (κ1) is 13.4. The highest BCUT2D eigenvalue weighted by Crippen LogP contribution is 2.35. The molecular formula is C16H21NO3. The molecule has 20 heavy (non-hydrogen) atoms. The lowest BCUT2D eigenvalue weighted by molar-refractivity contribution is -0.142. The molecule has 0 radical (unpaired) electrons. The highest BCUT2D eigenvalue weighted by atomic mass is 16.5. The first-order valence-electron chi connectivity index (χ1n) is 7.32. The van der Waals surface area contributed by atoms with Crippen molar-refractivity contribution in [1.29, 1.82) is 0 Å². The van der Waals surface area contributed by atoms with Crippen molar-refractivity contribution in [1.82, 2.24) is 4.90 Å². The van der Waals surface area contributed by atoms with Crippen LogP contribution in [0.1, 0.15) is 24.8 Å². The zero-order valence-electron chi connectivity index (χ0n) is 11.8. The summed E-state index contributed by atoms with van der Waals surface area (Å²) in [7, 11) is 0. The van der Waals surface area contributed by atoms with Gasteiger partial charge in [-0.05, 0) is 24.0 Å². The molecule has 1 aromatic rings. The van der Waals surface area contributed by atoms with Crippen LogP contribution in [0.3, 0.4) is 0 Å². The average Bonchev–Trinajstić information content (AvgIpc) is 2.80. The topological polar surface area (TPSA) is 49.8 Å². The first-order chi connectivity index (χ1) is 9.65. The molecule has 2 aliphatic heterocycles. The number of hydrogen-bond donors (Lipinski definition) is 1. The Balaban J connectivity index is 1.69. The number of benzene rings is 1. The van der Waals surface area contributed by atoms with Gasteiger partial charge in [0.25, 0.3) is 0 Å². The summed E-state index contributed by atoms with van der Waals surface area (Å²) in [6.07, 6.45) is 1.01. The van der Waals surface area contributed by atoms with Gasteiger partial charge in [-0.2, -0.15) is 0 Å². The molecule has 108 valence electrons. The highest BCUT2D eigenvalue weighted by Gasteiger charge is 2.36. The predicted octanol–water partition coefficient (Wildman–Crippen LogP) is 2.21. The van der Waals surface area contributed by atoms with Gasteiger partial charge in [0, 0.05) is 25.6 Å². The lowest BCUT2D eigenvalue weighted by Gasteiger charge is -2.29. The van der Waals surface area contributed by atoms with Crippen molar-refractivity contribution < 1.29 is 14.6 Å². The fourth-order valence-electron chi connectivity index (χ4n) is 3.45. The molecule has 3 atom stereocenters. The van der Waals surface area contributed by atoms with Crippen LogP contribution in [0.5, 0.6) is 5.75 Å². The van der Waals surface area contributed by atoms with Crippen molar-refractivity contribution >= 4 is 5.97 Å². The van der Waals surface area contributed by atoms with Crippen LogP contribution in [-0.4, -0.2) is 42.2 Å². The van der Waals surface area contributed by atoms with Crippen LogP contribution in [-0.2, 0) is 4.79 Å². The Bertz CT molecular complexity index is 502. The Morgan fingerprint density at radius 2 is 2.20 bits per heavy atom. The van der Waals surface area contributed by atoms with Gasteiger partial charge in [-0.25, -0.2) is 0 Å². The molecule has 0 aliphatic carbocycles. The van der Waals surface area contributed by atoms with E-state index in [1.807, 2.05) is 25.1 Å². The Kier molecular flexibility index (Phi) is 3.66. The molecule has 3 rings (SSSR count). The van der Waals surface area contributed by atoms with Gasteiger partial charge in [-0.3, -0.25) is 4.79 Å². The van der Waals surface area contributed by atoms with E-state index in [1.165, 1.54) is 5.56 Å². The molecule has 0 saturated carbocycles. The number of para-hydroxylation sites is 1. The van der Waals surface area contributed by atoms with Gasteiger partial charge < -0.3 is 14.7 Å². The third kappa shape index (κ3) is 2.52. The molecule has 2 aliphatic rings. The predicted molar refractivity (Wildman–Crippen MR) is 76.0 cm³/mol. The third-order valence-electron chi connectivity index (χ3n) is 4.57. The van der Waals surface area contributed by atoms with Gasteiger partial charge in [-0.1, -0.05) is 25.1 Å². The molecule has 1 fully saturated rings. The molecule has 4 heteroatoms. The number of aliphatic carboxylic acids is 1. The van der Waals surface area contributed by atoms with E-state index in [0.717, 1.165) is 31.9 Å². The Labute approximate surface area is 119 Å². The van der Waals surface area contributed by atoms with Crippen LogP contribution in [0.15, 0.2) is 24.3 Å². The zero-order chi connectivity index (χ0) is 14.1. The quantitative estimate of drug-likeness (QED) is 0.919. The minimum absolute atomic E-state index is 0.218. The van der Waals surface area contributed by atoms with Crippen molar-refractivity contribution in [3.63, 3.8) is 0 Å². The minimum Gasteiger partial charge on any atom is -0.493 e. The molecule has 0 aromatic heterocycles. The summed E-state index contributed by atoms with van der Waals surface area (Å²) in [5.74, 6) is 0.811. The van der Waals surface area contributed by atoms with E-state index in [4.69, 9.17) is 4.74 Å². The fourth-order valence-corrected chi connectivity index (χ4v) is 3.45. The average molecular weight is 275 g/mol. The van der Waals surface area contributed by atoms with E-state index in [-0.39, 0.29) is 11.8 Å². The van der Waals surface area contributed by atoms with Gasteiger partial charge in [0.05, 0.1) is 12.5 Å². The second kappa shape index (κ2) is 5.44. The number of carboxylic acid groups (broad SMARTS) is 1. The number of nitrogens with zero attached hydrogens (tertiary/aromatic N) is 1. The maximum Gasteiger partial charge on any atom is 0.308 e. The Morgan fingerprint density at radius 3 is 2.95 bits per heavy atom. The number of rotatable bonds is 3. The SMILES string of the molecule is C[C@@H]1CN(CC2CCOc3ccccc32)C[C@H]1C(=O)O. The van der Waals surface area contributed by atoms with E-state index in [1.54, 1.807) is 0 Å². The van der Waals surface area contributed by atoms with E-state index in [2.05, 4.69) is 11.0 Å². The molecule has 1 N–H and O–H groups in total. The van der Waals surface area contributed by atoms with Crippen LogP contribution >= 0.6 is 0 Å². The molecule has 1 unspecified atom stereocenters. The van der Waals surface area contributed by atoms with E-state index in [9.17, 15) is 9.90 Å². The monoisotopic (exact) mass is 275 g/mol. The zero-order valence-corrected chi connectivity index (χ0v) is 11.8. The minimum atomic E-state index is -0.660. The highest BCUT2D eigenvalue weighted by molar-refractivity contribution is 5.71. The largest absolute Gasteiger partial charge is 0.493 e. The smallest absolute Gasteiger partial charge is 0.308 e. The van der Waals surface area contributed by atoms with Crippen LogP contribution in [0, 0.1) is 11.8 Å². The number of carbonyl (C=O) groups is 1. The summed E-state index contributed by atoms with van der Waals surface area (Å²) in [4.78, 5) is 13.5. The maximum absolute atomic E-state index is 11.2. The molecule has 1 saturated heterocycles. The van der Waals surface area contributed by atoms with Gasteiger partial charge in [0.1, 0.15) is 5.75 Å². The second-order valence-corrected chi connectivity index (χ2v) is 6.01. The second-order valence-electron chi connectivity index (χ2n) is 6.01. The Hall–Kier alpha value is -1.55. The van der Waals surface area contributed by atoms with E-state index in [0.29, 0.717) is 12.5 Å². The van der Waals surface area contributed by atoms with Crippen molar-refractivity contribution in [2.45, 2.75) is 19.3 Å². The molecular weight excluding hydrogens is 254 g/mol. The third-order valence-corrected chi connectivity index (χ3v) is 4.57. The van der Waals surface area contributed by atoms with Gasteiger partial charge >= 0.3 is 5.97 Å². The lowest BCUT2D eigenvalue weighted by Crippen LogP contribution is -2.30. The van der Waals surface area contributed by atoms with Crippen molar-refractivity contribution in [2.75, 3.05) is 26.2 Å². The standard InChI is InChI=1S/C16H21NO3/c1-11-8-17(10-14(11)16(18)19)9-12-6-7-20-15-5-3-2-4-13(12)15/h2-5,11-12,14H,6-10H2,1H3,(H,18,19)/t11-,12?,14-/m1/s1. The van der Waals surface area contributed by atoms with E-state index >= 15 is 0 Å². The van der Waals surface area contributed by atoms with Crippen molar-refractivity contribution in [3.05, 3.63) is 29.8 Å². The van der Waals surface area contributed by atoms with Crippen LogP contribution in [0.25, 0.3) is 0 Å². The summed E-state index contributed by atoms with van der Waals surface area (Å²) in [6, 6.07) is 8.20. The summed E-state index contributed by atoms with van der Waals surface area (Å²) in [5.41, 5.74) is 1.27. The normalized spacial score (nSPS) is 29.8. The number of hydrogen-bond acceptors (Lipinski definition) is 3. The molecule has 1 aromatic carbocycles. The van der Waals surface area contributed by atoms with Crippen LogP contribution in [0.2, 0.25) is 0 Å². The van der Waals surface area contributed by atoms with Gasteiger partial charge in [-0.15, -0.1) is 0 Å². The Morgan fingerprint density at radius 1 is 1.40 bits per heavy atom. The summed E-state index contributed by atoms with van der Waals surface area (Å²) in [5, 5.41) is 9.22. The first-order valence-corrected chi connectivity index (χ1v) is 7.32. The van der Waals surface area contributed by atoms with Gasteiger partial charge in [0.15, 0.2) is 0 Å². The van der Waals surface area contributed by atoms with Crippen LogP contribution in [0.4, 0.5) is 0 Å². The number of likely N-dealkylation sites (tertiary alicyclic amines) is 1.